The standard InChI is InChI=1S/C45H54N4O8.C26H29NO/c1-8-27-19-28-22-44(40(51)55-6,36-30(25-48(23-27)24-28)29-13-10-11-14-33(29)46-36)32-20-31-34(21-35(32)54-5)47(4)38-43(31)16-18-49-17-12-15-42(9-2,37(43)49)39(57-26(3)50)45(38,53)41(52)56-7;1-4-25(21-11-7-5-8-12-21)26(22-13-9-6-10-14-22)23-15-17-24(18-16-23)28-20-19-27(2)3/h10-15,19-21,28,37-39,46,53H,8-9,16-18,22-25H2,1-7H3;5-18H,4,19-20H2,1-3H3/b;26-25-/t28-,37-,38+,39+,42+,43+,44-,45-;/m0./s1. The number of rotatable bonds is 15. The zero-order valence-corrected chi connectivity index (χ0v) is 51.1. The van der Waals surface area contributed by atoms with Crippen molar-refractivity contribution in [2.24, 2.45) is 11.3 Å². The van der Waals surface area contributed by atoms with Crippen LogP contribution in [-0.2, 0) is 46.0 Å². The first-order valence-corrected chi connectivity index (χ1v) is 30.3. The van der Waals surface area contributed by atoms with Gasteiger partial charge in [0.15, 0.2) is 6.10 Å². The van der Waals surface area contributed by atoms with E-state index in [4.69, 9.17) is 23.7 Å². The number of ether oxygens (including phenoxy) is 5. The first kappa shape index (κ1) is 59.2. The number of anilines is 1. The van der Waals surface area contributed by atoms with Crippen molar-refractivity contribution in [1.29, 1.82) is 0 Å². The van der Waals surface area contributed by atoms with Crippen LogP contribution in [0.4, 0.5) is 5.69 Å². The smallest absolute Gasteiger partial charge is 0.344 e. The maximum Gasteiger partial charge on any atom is 0.344 e. The minimum atomic E-state index is -2.27. The molecular weight excluding hydrogens is 1070 g/mol. The number of aromatic nitrogens is 1. The normalized spacial score (nSPS) is 27.4. The van der Waals surface area contributed by atoms with Gasteiger partial charge < -0.3 is 43.6 Å². The van der Waals surface area contributed by atoms with Crippen LogP contribution in [0, 0.1) is 11.3 Å². The van der Waals surface area contributed by atoms with Gasteiger partial charge in [0.05, 0.1) is 27.4 Å². The van der Waals surface area contributed by atoms with E-state index in [1.807, 2.05) is 37.1 Å². The zero-order chi connectivity index (χ0) is 60.0. The monoisotopic (exact) mass is 1150 g/mol. The Labute approximate surface area is 501 Å². The van der Waals surface area contributed by atoms with Gasteiger partial charge in [0.2, 0.25) is 5.60 Å². The van der Waals surface area contributed by atoms with Crippen molar-refractivity contribution in [1.82, 2.24) is 19.7 Å². The summed E-state index contributed by atoms with van der Waals surface area (Å²) in [6.07, 6.45) is 8.64. The minimum Gasteiger partial charge on any atom is -0.496 e. The van der Waals surface area contributed by atoms with Crippen molar-refractivity contribution in [2.75, 3.05) is 86.7 Å². The molecule has 9 atom stereocenters. The number of allylic oxidation sites excluding steroid dienone is 1. The third-order valence-corrected chi connectivity index (χ3v) is 19.6. The van der Waals surface area contributed by atoms with Crippen LogP contribution in [0.1, 0.15) is 98.9 Å². The molecule has 14 heteroatoms. The van der Waals surface area contributed by atoms with Gasteiger partial charge in [-0.15, -0.1) is 0 Å². The molecule has 1 saturated heterocycles. The summed E-state index contributed by atoms with van der Waals surface area (Å²) in [7, 11) is 10.3. The number of nitrogens with one attached hydrogen (secondary N) is 1. The van der Waals surface area contributed by atoms with Crippen LogP contribution in [0.15, 0.2) is 145 Å². The van der Waals surface area contributed by atoms with E-state index in [1.54, 1.807) is 7.11 Å². The third-order valence-electron chi connectivity index (χ3n) is 19.6. The lowest BCUT2D eigenvalue weighted by Crippen LogP contribution is -2.81. The highest BCUT2D eigenvalue weighted by Crippen LogP contribution is 2.68. The van der Waals surface area contributed by atoms with Gasteiger partial charge in [-0.25, -0.2) is 4.79 Å². The number of methoxy groups -OCH3 is 3. The maximum absolute atomic E-state index is 15.2. The number of hydrogen-bond donors (Lipinski definition) is 2. The van der Waals surface area contributed by atoms with Gasteiger partial charge in [-0.3, -0.25) is 19.4 Å². The fourth-order valence-electron chi connectivity index (χ4n) is 16.2. The Morgan fingerprint density at radius 3 is 2.13 bits per heavy atom. The molecule has 2 fully saturated rings. The lowest BCUT2D eigenvalue weighted by atomic mass is 9.47. The number of esters is 3. The van der Waals surface area contributed by atoms with Crippen LogP contribution >= 0.6 is 0 Å². The predicted octanol–water partition coefficient (Wildman–Crippen LogP) is 10.7. The highest BCUT2D eigenvalue weighted by atomic mass is 16.6. The van der Waals surface area contributed by atoms with E-state index < -0.39 is 45.9 Å². The van der Waals surface area contributed by atoms with Crippen LogP contribution < -0.4 is 14.4 Å². The fourth-order valence-corrected chi connectivity index (χ4v) is 16.2. The number of carbonyl (C=O) groups excluding carboxylic acids is 3. The highest BCUT2D eigenvalue weighted by Gasteiger charge is 2.80. The summed E-state index contributed by atoms with van der Waals surface area (Å²) < 4.78 is 29.8. The van der Waals surface area contributed by atoms with Gasteiger partial charge in [0, 0.05) is 97.5 Å². The van der Waals surface area contributed by atoms with E-state index in [2.05, 4.69) is 169 Å². The summed E-state index contributed by atoms with van der Waals surface area (Å²) in [6.45, 7) is 13.0. The van der Waals surface area contributed by atoms with Gasteiger partial charge in [-0.1, -0.05) is 136 Å². The van der Waals surface area contributed by atoms with Gasteiger partial charge in [-0.2, -0.15) is 0 Å². The summed E-state index contributed by atoms with van der Waals surface area (Å²) in [6, 6.07) is 41.0. The molecule has 6 aliphatic rings. The van der Waals surface area contributed by atoms with Crippen LogP contribution in [0.5, 0.6) is 11.5 Å². The Bertz CT molecular complexity index is 3560. The van der Waals surface area contributed by atoms with Crippen LogP contribution in [0.3, 0.4) is 0 Å². The number of aliphatic hydroxyl groups is 1. The maximum atomic E-state index is 15.2. The van der Waals surface area contributed by atoms with Crippen molar-refractivity contribution in [2.45, 2.75) is 101 Å². The molecule has 1 aliphatic carbocycles. The summed E-state index contributed by atoms with van der Waals surface area (Å²) >= 11 is 0. The molecule has 6 heterocycles. The third kappa shape index (κ3) is 9.77. The van der Waals surface area contributed by atoms with Gasteiger partial charge in [0.1, 0.15) is 23.5 Å². The quantitative estimate of drug-likeness (QED) is 0.0436. The summed E-state index contributed by atoms with van der Waals surface area (Å²) in [5.74, 6) is -0.398. The Morgan fingerprint density at radius 2 is 1.48 bits per heavy atom. The second kappa shape index (κ2) is 23.8. The van der Waals surface area contributed by atoms with Crippen molar-refractivity contribution in [3.05, 3.63) is 184 Å². The molecule has 12 rings (SSSR count). The lowest BCUT2D eigenvalue weighted by molar-refractivity contribution is -0.228. The molecule has 1 spiro atoms. The predicted molar refractivity (Wildman–Crippen MR) is 334 cm³/mol. The number of likely N-dealkylation sites (N-methyl/N-ethyl adjacent to an activating group) is 2. The Balaban J connectivity index is 0.000000225. The number of fused-ring (bicyclic) bond motifs is 6. The molecule has 2 N–H and O–H groups in total. The molecule has 1 aromatic heterocycles. The molecule has 0 amide bonds. The average molecular weight is 1150 g/mol. The van der Waals surface area contributed by atoms with Crippen molar-refractivity contribution in [3.63, 3.8) is 0 Å². The summed E-state index contributed by atoms with van der Waals surface area (Å²) in [4.78, 5) is 55.2. The minimum absolute atomic E-state index is 0.0284. The number of aromatic amines is 1. The lowest BCUT2D eigenvalue weighted by Gasteiger charge is -2.63. The van der Waals surface area contributed by atoms with E-state index in [0.717, 1.165) is 71.6 Å². The number of hydrogen-bond acceptors (Lipinski definition) is 13. The van der Waals surface area contributed by atoms with Crippen molar-refractivity contribution >= 4 is 45.6 Å². The Morgan fingerprint density at radius 1 is 0.800 bits per heavy atom. The first-order valence-electron chi connectivity index (χ1n) is 30.3. The Kier molecular flexibility index (Phi) is 16.6. The van der Waals surface area contributed by atoms with Gasteiger partial charge >= 0.3 is 17.9 Å². The molecule has 6 aromatic rings. The first-order chi connectivity index (χ1) is 41.1. The number of nitrogens with zero attached hydrogens (tertiary/aromatic N) is 4. The number of carbonyl (C=O) groups is 3. The molecule has 0 radical (unpaired) electrons. The van der Waals surface area contributed by atoms with Gasteiger partial charge in [-0.05, 0) is 122 Å². The summed E-state index contributed by atoms with van der Waals surface area (Å²) in [5.41, 5.74) is 7.42. The van der Waals surface area contributed by atoms with Crippen molar-refractivity contribution in [3.8, 4) is 11.5 Å². The molecular formula is C71H83N5O9. The SMILES string of the molecule is CC/C(=C(\c1ccccc1)c1ccc(OCCN(C)C)cc1)c1ccccc1.CCC1=C[C@@H]2CN(C1)Cc1c([nH]c3ccccc13)[C@@](C(=O)OC)(c1cc3c(cc1OC)N(C)[C@H]1[C@@](O)(C(=O)OC)[C@H](OC(C)=O)[C@]4(CC)C=CCN5CC[C@]31[C@@H]54)C2. The number of benzene rings is 5. The number of para-hydroxylation sites is 1. The highest BCUT2D eigenvalue weighted by molar-refractivity contribution is 5.99. The molecule has 2 bridgehead atoms. The molecule has 1 unspecified atom stereocenters. The molecule has 14 nitrogen and oxygen atoms in total. The largest absolute Gasteiger partial charge is 0.496 e. The van der Waals surface area contributed by atoms with Crippen LogP contribution in [-0.4, -0.2) is 148 Å². The van der Waals surface area contributed by atoms with E-state index in [-0.39, 0.29) is 17.9 Å². The van der Waals surface area contributed by atoms with Crippen LogP contribution in [0.2, 0.25) is 0 Å². The zero-order valence-electron chi connectivity index (χ0n) is 51.1. The van der Waals surface area contributed by atoms with Gasteiger partial charge in [0.25, 0.3) is 0 Å². The molecule has 85 heavy (non-hydrogen) atoms. The fraction of sp³-hybridized carbons (Fsp3) is 0.423. The van der Waals surface area contributed by atoms with Crippen molar-refractivity contribution < 1.29 is 43.2 Å². The topological polar surface area (TPSA) is 146 Å². The molecule has 5 aromatic carbocycles. The van der Waals surface area contributed by atoms with E-state index >= 15 is 4.79 Å². The molecule has 1 saturated carbocycles. The molecule has 5 aliphatic heterocycles. The van der Waals surface area contributed by atoms with E-state index in [9.17, 15) is 14.7 Å². The summed E-state index contributed by atoms with van der Waals surface area (Å²) in [5, 5.41) is 14.4. The number of H-pyrrole nitrogens is 1. The second-order valence-corrected chi connectivity index (χ2v) is 24.3. The second-order valence-electron chi connectivity index (χ2n) is 24.3. The average Bonchev–Trinajstić information content (AvgIpc) is 1.55. The van der Waals surface area contributed by atoms with E-state index in [0.29, 0.717) is 56.8 Å². The van der Waals surface area contributed by atoms with Crippen LogP contribution in [0.25, 0.3) is 22.0 Å². The Hall–Kier alpha value is -7.49. The molecule has 446 valence electrons. The van der Waals surface area contributed by atoms with E-state index in [1.165, 1.54) is 54.6 Å².